The van der Waals surface area contributed by atoms with Gasteiger partial charge in [-0.3, -0.25) is 4.79 Å². The van der Waals surface area contributed by atoms with E-state index >= 15 is 0 Å². The number of hydrogen-bond donors (Lipinski definition) is 0. The minimum absolute atomic E-state index is 0.0756. The molecule has 0 bridgehead atoms. The van der Waals surface area contributed by atoms with Gasteiger partial charge in [0.1, 0.15) is 0 Å². The lowest BCUT2D eigenvalue weighted by atomic mass is 9.86. The van der Waals surface area contributed by atoms with Gasteiger partial charge in [-0.1, -0.05) is 6.42 Å². The lowest BCUT2D eigenvalue weighted by Gasteiger charge is -2.24. The van der Waals surface area contributed by atoms with E-state index in [0.717, 1.165) is 18.4 Å². The molecule has 1 heterocycles. The van der Waals surface area contributed by atoms with E-state index in [2.05, 4.69) is 9.36 Å². The van der Waals surface area contributed by atoms with Gasteiger partial charge in [0.2, 0.25) is 5.16 Å². The Labute approximate surface area is 109 Å². The molecule has 0 aromatic carbocycles. The number of rotatable bonds is 4. The van der Waals surface area contributed by atoms with Gasteiger partial charge >= 0.3 is 0 Å². The minimum Gasteiger partial charge on any atom is -0.469 e. The molecule has 94 valence electrons. The van der Waals surface area contributed by atoms with Crippen molar-refractivity contribution in [3.63, 3.8) is 0 Å². The first-order valence-electron chi connectivity index (χ1n) is 5.51. The van der Waals surface area contributed by atoms with Crippen LogP contribution in [0.15, 0.2) is 5.16 Å². The quantitative estimate of drug-likeness (QED) is 0.789. The van der Waals surface area contributed by atoms with Gasteiger partial charge in [0.25, 0.3) is 10.4 Å². The standard InChI is InChI=1S/C10H15N3O2S2/c1-13(2)10(14)16-8-11-9(17-12-8)15-6-7-4-3-5-7/h7H,3-6H2,1-2H3. The van der Waals surface area contributed by atoms with Gasteiger partial charge in [0.15, 0.2) is 0 Å². The summed E-state index contributed by atoms with van der Waals surface area (Å²) in [5, 5.41) is 0.955. The fourth-order valence-corrected chi connectivity index (χ4v) is 2.55. The van der Waals surface area contributed by atoms with Crippen LogP contribution in [0.4, 0.5) is 4.79 Å². The Morgan fingerprint density at radius 2 is 2.35 bits per heavy atom. The van der Waals surface area contributed by atoms with Gasteiger partial charge in [-0.2, -0.15) is 9.36 Å². The van der Waals surface area contributed by atoms with Crippen molar-refractivity contribution in [2.24, 2.45) is 5.92 Å². The van der Waals surface area contributed by atoms with Crippen molar-refractivity contribution in [1.29, 1.82) is 0 Å². The summed E-state index contributed by atoms with van der Waals surface area (Å²) < 4.78 is 9.62. The SMILES string of the molecule is CN(C)C(=O)Sc1nsc(OCC2CCC2)n1. The van der Waals surface area contributed by atoms with Gasteiger partial charge in [-0.15, -0.1) is 0 Å². The van der Waals surface area contributed by atoms with E-state index in [1.165, 1.54) is 35.7 Å². The second-order valence-corrected chi connectivity index (χ2v) is 5.85. The zero-order valence-corrected chi connectivity index (χ0v) is 11.5. The van der Waals surface area contributed by atoms with Crippen LogP contribution in [0.1, 0.15) is 19.3 Å². The Balaban J connectivity index is 1.80. The van der Waals surface area contributed by atoms with Crippen LogP contribution in [-0.4, -0.2) is 40.2 Å². The molecule has 2 rings (SSSR count). The lowest BCUT2D eigenvalue weighted by molar-refractivity contribution is 0.179. The van der Waals surface area contributed by atoms with Gasteiger partial charge in [-0.25, -0.2) is 0 Å². The number of carbonyl (C=O) groups excluding carboxylic acids is 1. The van der Waals surface area contributed by atoms with Crippen molar-refractivity contribution in [2.75, 3.05) is 20.7 Å². The van der Waals surface area contributed by atoms with Crippen molar-refractivity contribution in [3.05, 3.63) is 0 Å². The largest absolute Gasteiger partial charge is 0.469 e. The third kappa shape index (κ3) is 3.57. The average molecular weight is 273 g/mol. The third-order valence-electron chi connectivity index (χ3n) is 2.60. The number of aromatic nitrogens is 2. The molecule has 1 saturated carbocycles. The molecule has 0 spiro atoms. The van der Waals surface area contributed by atoms with Crippen molar-refractivity contribution >= 4 is 28.5 Å². The second-order valence-electron chi connectivity index (χ2n) is 4.21. The minimum atomic E-state index is -0.0756. The van der Waals surface area contributed by atoms with Crippen LogP contribution in [0.5, 0.6) is 5.19 Å². The summed E-state index contributed by atoms with van der Waals surface area (Å²) in [6.07, 6.45) is 3.81. The van der Waals surface area contributed by atoms with Crippen LogP contribution in [0.3, 0.4) is 0 Å². The highest BCUT2D eigenvalue weighted by molar-refractivity contribution is 8.13. The van der Waals surface area contributed by atoms with E-state index in [1.807, 2.05) is 0 Å². The van der Waals surface area contributed by atoms with E-state index < -0.39 is 0 Å². The predicted octanol–water partition coefficient (Wildman–Crippen LogP) is 2.49. The van der Waals surface area contributed by atoms with Crippen LogP contribution in [0.25, 0.3) is 0 Å². The van der Waals surface area contributed by atoms with E-state index in [0.29, 0.717) is 16.3 Å². The van der Waals surface area contributed by atoms with E-state index in [9.17, 15) is 4.79 Å². The molecule has 5 nitrogen and oxygen atoms in total. The highest BCUT2D eigenvalue weighted by Gasteiger charge is 2.19. The molecule has 1 aliphatic rings. The highest BCUT2D eigenvalue weighted by Crippen LogP contribution is 2.28. The Kier molecular flexibility index (Phi) is 4.22. The van der Waals surface area contributed by atoms with Gasteiger partial charge < -0.3 is 9.64 Å². The molecule has 0 saturated heterocycles. The molecule has 17 heavy (non-hydrogen) atoms. The van der Waals surface area contributed by atoms with Crippen molar-refractivity contribution < 1.29 is 9.53 Å². The molecule has 0 atom stereocenters. The zero-order chi connectivity index (χ0) is 12.3. The monoisotopic (exact) mass is 273 g/mol. The first-order chi connectivity index (χ1) is 8.15. The molecule has 1 aromatic heterocycles. The van der Waals surface area contributed by atoms with Gasteiger partial charge in [0.05, 0.1) is 6.61 Å². The molecule has 1 amide bonds. The fourth-order valence-electron chi connectivity index (χ4n) is 1.32. The highest BCUT2D eigenvalue weighted by atomic mass is 32.2. The molecule has 7 heteroatoms. The lowest BCUT2D eigenvalue weighted by Crippen LogP contribution is -2.19. The number of amides is 1. The molecular formula is C10H15N3O2S2. The normalized spacial score (nSPS) is 15.4. The average Bonchev–Trinajstić information content (AvgIpc) is 2.63. The van der Waals surface area contributed by atoms with E-state index in [4.69, 9.17) is 4.74 Å². The fraction of sp³-hybridized carbons (Fsp3) is 0.700. The van der Waals surface area contributed by atoms with Crippen LogP contribution >= 0.6 is 23.3 Å². The van der Waals surface area contributed by atoms with E-state index in [-0.39, 0.29) is 5.24 Å². The Morgan fingerprint density at radius 3 is 2.94 bits per heavy atom. The molecule has 1 fully saturated rings. The maximum atomic E-state index is 11.4. The first kappa shape index (κ1) is 12.6. The summed E-state index contributed by atoms with van der Waals surface area (Å²) in [5.74, 6) is 0.679. The Morgan fingerprint density at radius 1 is 1.59 bits per heavy atom. The first-order valence-corrected chi connectivity index (χ1v) is 7.10. The van der Waals surface area contributed by atoms with Crippen LogP contribution in [-0.2, 0) is 0 Å². The smallest absolute Gasteiger partial charge is 0.293 e. The predicted molar refractivity (Wildman–Crippen MR) is 67.7 cm³/mol. The van der Waals surface area contributed by atoms with Crippen LogP contribution < -0.4 is 4.74 Å². The topological polar surface area (TPSA) is 55.3 Å². The summed E-state index contributed by atoms with van der Waals surface area (Å²) in [5.41, 5.74) is 0. The van der Waals surface area contributed by atoms with Gasteiger partial charge in [0, 0.05) is 37.4 Å². The maximum absolute atomic E-state index is 11.4. The van der Waals surface area contributed by atoms with Crippen molar-refractivity contribution in [3.8, 4) is 5.19 Å². The summed E-state index contributed by atoms with van der Waals surface area (Å²) in [7, 11) is 3.41. The van der Waals surface area contributed by atoms with Crippen molar-refractivity contribution in [1.82, 2.24) is 14.3 Å². The number of nitrogens with zero attached hydrogens (tertiary/aromatic N) is 3. The zero-order valence-electron chi connectivity index (χ0n) is 9.88. The Hall–Kier alpha value is -0.820. The Bertz CT molecular complexity index is 391. The third-order valence-corrected chi connectivity index (χ3v) is 4.25. The number of thioether (sulfide) groups is 1. The van der Waals surface area contributed by atoms with Crippen LogP contribution in [0, 0.1) is 5.92 Å². The second kappa shape index (κ2) is 5.68. The molecule has 0 unspecified atom stereocenters. The van der Waals surface area contributed by atoms with Crippen LogP contribution in [0.2, 0.25) is 0 Å². The van der Waals surface area contributed by atoms with E-state index in [1.54, 1.807) is 14.1 Å². The molecule has 0 radical (unpaired) electrons. The molecule has 0 aliphatic heterocycles. The summed E-state index contributed by atoms with van der Waals surface area (Å²) in [6.45, 7) is 0.723. The summed E-state index contributed by atoms with van der Waals surface area (Å²) >= 11 is 2.23. The van der Waals surface area contributed by atoms with Gasteiger partial charge in [-0.05, 0) is 18.8 Å². The maximum Gasteiger partial charge on any atom is 0.293 e. The molecule has 1 aromatic rings. The number of carbonyl (C=O) groups is 1. The number of hydrogen-bond acceptors (Lipinski definition) is 6. The molecule has 0 N–H and O–H groups in total. The summed E-state index contributed by atoms with van der Waals surface area (Å²) in [4.78, 5) is 17.1. The summed E-state index contributed by atoms with van der Waals surface area (Å²) in [6, 6.07) is 0. The van der Waals surface area contributed by atoms with Crippen molar-refractivity contribution in [2.45, 2.75) is 24.4 Å². The number of ether oxygens (including phenoxy) is 1. The molecular weight excluding hydrogens is 258 g/mol. The molecule has 1 aliphatic carbocycles.